The molecule has 1 aromatic heterocycles. The second-order valence-corrected chi connectivity index (χ2v) is 7.11. The van der Waals surface area contributed by atoms with Crippen LogP contribution < -0.4 is 59.1 Å². The van der Waals surface area contributed by atoms with Crippen molar-refractivity contribution in [3.05, 3.63) is 18.7 Å². The minimum absolute atomic E-state index is 0. The molecule has 124 valence electrons. The van der Waals surface area contributed by atoms with E-state index in [1.54, 1.807) is 0 Å². The third-order valence-electron chi connectivity index (χ3n) is 1.89. The Balaban J connectivity index is -0.000000107. The van der Waals surface area contributed by atoms with Crippen molar-refractivity contribution in [3.63, 3.8) is 0 Å². The summed E-state index contributed by atoms with van der Waals surface area (Å²) in [6.45, 7) is -0.957. The molecule has 0 unspecified atom stereocenters. The molecule has 0 spiro atoms. The van der Waals surface area contributed by atoms with E-state index in [9.17, 15) is 14.2 Å². The molecule has 0 aliphatic heterocycles. The minimum Gasteiger partial charge on any atom is -0.412 e. The first-order chi connectivity index (χ1) is 7.08. The summed E-state index contributed by atoms with van der Waals surface area (Å²) in [6.07, 6.45) is 3.51. The average Bonchev–Trinajstić information content (AvgIpc) is 2.52. The summed E-state index contributed by atoms with van der Waals surface area (Å²) in [5.41, 5.74) is 0. The van der Waals surface area contributed by atoms with E-state index in [2.05, 4.69) is 4.98 Å². The predicted molar refractivity (Wildman–Crippen MR) is 65.7 cm³/mol. The quantitative estimate of drug-likeness (QED) is 0.242. The van der Waals surface area contributed by atoms with Crippen LogP contribution in [0.2, 0.25) is 0 Å². The van der Waals surface area contributed by atoms with Crippen LogP contribution in [-0.4, -0.2) is 61.2 Å². The van der Waals surface area contributed by atoms with Crippen LogP contribution in [0, 0.1) is 0 Å². The molecular formula is C5H18N2Na2O11P2+2. The Morgan fingerprint density at radius 3 is 1.55 bits per heavy atom. The van der Waals surface area contributed by atoms with Crippen LogP contribution in [-0.2, 0) is 15.7 Å². The van der Waals surface area contributed by atoms with Gasteiger partial charge < -0.3 is 51.2 Å². The second kappa shape index (κ2) is 13.6. The number of rotatable bonds is 4. The van der Waals surface area contributed by atoms with Crippen molar-refractivity contribution in [2.45, 2.75) is 11.6 Å². The van der Waals surface area contributed by atoms with Crippen molar-refractivity contribution in [1.82, 2.24) is 9.55 Å². The predicted octanol–water partition coefficient (Wildman–Crippen LogP) is -10.4. The van der Waals surface area contributed by atoms with Gasteiger partial charge in [0.2, 0.25) is 0 Å². The van der Waals surface area contributed by atoms with Crippen LogP contribution in [0.25, 0.3) is 0 Å². The van der Waals surface area contributed by atoms with Gasteiger partial charge in [-0.05, 0) is 0 Å². The molecule has 0 amide bonds. The molecular weight excluding hydrogens is 372 g/mol. The van der Waals surface area contributed by atoms with Crippen molar-refractivity contribution >= 4 is 15.2 Å². The summed E-state index contributed by atoms with van der Waals surface area (Å²) in [6, 6.07) is 0. The van der Waals surface area contributed by atoms with Gasteiger partial charge in [0.25, 0.3) is 5.08 Å². The summed E-state index contributed by atoms with van der Waals surface area (Å²) in [5.74, 6) is 0. The zero-order valence-corrected chi connectivity index (χ0v) is 17.6. The van der Waals surface area contributed by atoms with Gasteiger partial charge in [-0.15, -0.1) is 0 Å². The van der Waals surface area contributed by atoms with Crippen LogP contribution in [0.5, 0.6) is 0 Å². The number of imidazole rings is 1. The fourth-order valence-electron chi connectivity index (χ4n) is 0.979. The molecule has 1 rings (SSSR count). The fourth-order valence-corrected chi connectivity index (χ4v) is 3.03. The summed E-state index contributed by atoms with van der Waals surface area (Å²) in [7, 11) is -10.8. The van der Waals surface area contributed by atoms with Crippen molar-refractivity contribution < 1.29 is 115 Å². The topological polar surface area (TPSA) is 279 Å². The van der Waals surface area contributed by atoms with E-state index in [4.69, 9.17) is 19.6 Å². The zero-order valence-electron chi connectivity index (χ0n) is 11.8. The van der Waals surface area contributed by atoms with Gasteiger partial charge in [-0.1, -0.05) is 0 Å². The van der Waals surface area contributed by atoms with Gasteiger partial charge in [0.1, 0.15) is 0 Å². The maximum Gasteiger partial charge on any atom is 1.00 e. The molecule has 13 nitrogen and oxygen atoms in total. The number of hydrogen-bond acceptors (Lipinski definition) is 4. The van der Waals surface area contributed by atoms with Gasteiger partial charge in [-0.3, -0.25) is 9.13 Å². The third kappa shape index (κ3) is 8.97. The van der Waals surface area contributed by atoms with E-state index in [1.807, 2.05) is 0 Å². The van der Waals surface area contributed by atoms with Crippen molar-refractivity contribution in [3.8, 4) is 0 Å². The Bertz CT molecular complexity index is 437. The Labute approximate surface area is 168 Å². The molecule has 0 atom stereocenters. The fraction of sp³-hybridized carbons (Fsp3) is 0.400. The van der Waals surface area contributed by atoms with Gasteiger partial charge in [0.05, 0.1) is 12.9 Å². The van der Waals surface area contributed by atoms with E-state index in [1.165, 1.54) is 12.4 Å². The average molecular weight is 390 g/mol. The molecule has 17 heteroatoms. The SMILES string of the molecule is O.O.O.O.O=P(O)(O)C(O)(Cn1ccnc1)P(=O)(O)O.[Na+].[Na+]. The molecule has 1 heterocycles. The maximum absolute atomic E-state index is 10.9. The van der Waals surface area contributed by atoms with E-state index in [0.717, 1.165) is 10.9 Å². The van der Waals surface area contributed by atoms with E-state index >= 15 is 0 Å². The monoisotopic (exact) mass is 390 g/mol. The van der Waals surface area contributed by atoms with Gasteiger partial charge in [0, 0.05) is 12.4 Å². The van der Waals surface area contributed by atoms with Gasteiger partial charge in [-0.25, -0.2) is 4.98 Å². The van der Waals surface area contributed by atoms with Crippen molar-refractivity contribution in [2.24, 2.45) is 0 Å². The molecule has 0 saturated carbocycles. The Morgan fingerprint density at radius 2 is 1.32 bits per heavy atom. The van der Waals surface area contributed by atoms with Crippen molar-refractivity contribution in [2.75, 3.05) is 0 Å². The number of aliphatic hydroxyl groups is 1. The largest absolute Gasteiger partial charge is 1.00 e. The number of aromatic nitrogens is 2. The van der Waals surface area contributed by atoms with Crippen molar-refractivity contribution in [1.29, 1.82) is 0 Å². The smallest absolute Gasteiger partial charge is 0.412 e. The molecule has 0 radical (unpaired) electrons. The molecule has 0 aliphatic rings. The minimum atomic E-state index is -5.41. The van der Waals surface area contributed by atoms with E-state index < -0.39 is 26.8 Å². The molecule has 0 bridgehead atoms. The van der Waals surface area contributed by atoms with Gasteiger partial charge in [-0.2, -0.15) is 0 Å². The first kappa shape index (κ1) is 38.7. The van der Waals surface area contributed by atoms with Crippen LogP contribution in [0.3, 0.4) is 0 Å². The standard InChI is InChI=1S/C5H10N2O7P2.2Na.4H2O/c8-5(15(9,10)11,16(12,13)14)3-7-2-1-6-4-7;;;;;;/h1-2,4,8H,3H2,(H2,9,10,11)(H2,12,13,14);;;4*1H2/q;2*+1;;;;. The molecule has 0 aliphatic carbocycles. The van der Waals surface area contributed by atoms with Gasteiger partial charge in [0.15, 0.2) is 0 Å². The maximum atomic E-state index is 10.9. The molecule has 0 saturated heterocycles. The second-order valence-electron chi connectivity index (χ2n) is 3.10. The summed E-state index contributed by atoms with van der Waals surface area (Å²) in [4.78, 5) is 38.7. The molecule has 0 fully saturated rings. The van der Waals surface area contributed by atoms with Crippen LogP contribution in [0.1, 0.15) is 0 Å². The Kier molecular flexibility index (Phi) is 23.9. The van der Waals surface area contributed by atoms with Crippen LogP contribution in [0.15, 0.2) is 18.7 Å². The molecule has 13 N–H and O–H groups in total. The third-order valence-corrected chi connectivity index (χ3v) is 5.60. The van der Waals surface area contributed by atoms with Gasteiger partial charge >= 0.3 is 74.3 Å². The van der Waals surface area contributed by atoms with E-state index in [-0.39, 0.29) is 81.0 Å². The normalized spacial score (nSPS) is 10.2. The molecule has 22 heavy (non-hydrogen) atoms. The van der Waals surface area contributed by atoms with Crippen LogP contribution >= 0.6 is 15.2 Å². The van der Waals surface area contributed by atoms with Crippen LogP contribution in [0.4, 0.5) is 0 Å². The number of nitrogens with zero attached hydrogens (tertiary/aromatic N) is 2. The first-order valence-electron chi connectivity index (χ1n) is 3.87. The summed E-state index contributed by atoms with van der Waals surface area (Å²) < 4.78 is 22.8. The van der Waals surface area contributed by atoms with E-state index in [0.29, 0.717) is 0 Å². The number of hydrogen-bond donors (Lipinski definition) is 5. The Hall–Kier alpha value is 1.31. The zero-order chi connectivity index (χ0) is 12.6. The molecule has 0 aromatic carbocycles. The molecule has 1 aromatic rings. The summed E-state index contributed by atoms with van der Waals surface area (Å²) >= 11 is 0. The first-order valence-corrected chi connectivity index (χ1v) is 7.10. The summed E-state index contributed by atoms with van der Waals surface area (Å²) in [5, 5.41) is 6.04. The Morgan fingerprint density at radius 1 is 0.955 bits per heavy atom.